The number of aromatic nitrogens is 7. The predicted molar refractivity (Wildman–Crippen MR) is 100 cm³/mol. The number of H-pyrrole nitrogens is 1. The number of carbonyl (C=O) groups excluding carboxylic acids is 1. The smallest absolute Gasteiger partial charge is 0.340 e. The summed E-state index contributed by atoms with van der Waals surface area (Å²) in [7, 11) is 0. The van der Waals surface area contributed by atoms with Gasteiger partial charge in [-0.2, -0.15) is 9.90 Å². The van der Waals surface area contributed by atoms with Gasteiger partial charge in [0, 0.05) is 31.1 Å². The zero-order chi connectivity index (χ0) is 19.5. The standard InChI is InChI=1S/C18H22N8O2/c1-2-25-17(20-21-18(25)28)14-9-6-10-24(11-14)15(27)12-26-22-16(19-23-26)13-7-4-3-5-8-13/h3-5,7-8,14H,2,6,9-12H2,1H3,(H,21,28)/t14-/m1/s1. The molecular weight excluding hydrogens is 360 g/mol. The second-order valence-electron chi connectivity index (χ2n) is 6.82. The highest BCUT2D eigenvalue weighted by atomic mass is 16.2. The van der Waals surface area contributed by atoms with E-state index in [0.29, 0.717) is 25.5 Å². The minimum Gasteiger partial charge on any atom is -0.340 e. The molecule has 1 aromatic carbocycles. The van der Waals surface area contributed by atoms with Gasteiger partial charge < -0.3 is 4.90 Å². The van der Waals surface area contributed by atoms with E-state index in [1.54, 1.807) is 9.47 Å². The van der Waals surface area contributed by atoms with Gasteiger partial charge in [0.05, 0.1) is 0 Å². The Kier molecular flexibility index (Phi) is 5.00. The van der Waals surface area contributed by atoms with Crippen molar-refractivity contribution in [3.8, 4) is 11.4 Å². The number of hydrogen-bond acceptors (Lipinski definition) is 6. The molecule has 0 bridgehead atoms. The first-order chi connectivity index (χ1) is 13.7. The lowest BCUT2D eigenvalue weighted by molar-refractivity contribution is -0.133. The molecule has 1 amide bonds. The maximum atomic E-state index is 12.8. The quantitative estimate of drug-likeness (QED) is 0.693. The molecule has 3 heterocycles. The minimum atomic E-state index is -0.207. The Morgan fingerprint density at radius 2 is 2.11 bits per heavy atom. The average molecular weight is 382 g/mol. The summed E-state index contributed by atoms with van der Waals surface area (Å²) in [5, 5.41) is 19.0. The number of nitrogens with one attached hydrogen (secondary N) is 1. The summed E-state index contributed by atoms with van der Waals surface area (Å²) in [6, 6.07) is 9.52. The molecule has 0 spiro atoms. The van der Waals surface area contributed by atoms with Gasteiger partial charge in [-0.15, -0.1) is 10.2 Å². The van der Waals surface area contributed by atoms with Crippen LogP contribution < -0.4 is 5.69 Å². The van der Waals surface area contributed by atoms with Crippen LogP contribution in [0.25, 0.3) is 11.4 Å². The molecule has 1 atom stereocenters. The molecule has 1 aliphatic rings. The SMILES string of the molecule is CCn1c([C@@H]2CCCN(C(=O)Cn3nnc(-c4ccccc4)n3)C2)n[nH]c1=O. The fourth-order valence-electron chi connectivity index (χ4n) is 3.60. The number of hydrogen-bond donors (Lipinski definition) is 1. The van der Waals surface area contributed by atoms with Gasteiger partial charge in [-0.3, -0.25) is 9.36 Å². The van der Waals surface area contributed by atoms with Crippen LogP contribution in [0.15, 0.2) is 35.1 Å². The minimum absolute atomic E-state index is 0.0354. The van der Waals surface area contributed by atoms with Crippen molar-refractivity contribution < 1.29 is 4.79 Å². The van der Waals surface area contributed by atoms with Crippen LogP contribution in [0.2, 0.25) is 0 Å². The summed E-state index contributed by atoms with van der Waals surface area (Å²) < 4.78 is 1.63. The molecule has 1 fully saturated rings. The van der Waals surface area contributed by atoms with Gasteiger partial charge in [-0.1, -0.05) is 30.3 Å². The first kappa shape index (κ1) is 18.1. The Labute approximate surface area is 161 Å². The van der Waals surface area contributed by atoms with Gasteiger partial charge in [-0.25, -0.2) is 9.89 Å². The molecule has 10 heteroatoms. The normalized spacial score (nSPS) is 17.0. The number of nitrogens with zero attached hydrogens (tertiary/aromatic N) is 7. The number of tetrazole rings is 1. The summed E-state index contributed by atoms with van der Waals surface area (Å²) in [5.41, 5.74) is 0.650. The van der Waals surface area contributed by atoms with Crippen molar-refractivity contribution in [3.63, 3.8) is 0 Å². The fraction of sp³-hybridized carbons (Fsp3) is 0.444. The van der Waals surface area contributed by atoms with Crippen molar-refractivity contribution in [2.24, 2.45) is 0 Å². The van der Waals surface area contributed by atoms with E-state index in [-0.39, 0.29) is 24.1 Å². The number of piperidine rings is 1. The summed E-state index contributed by atoms with van der Waals surface area (Å²) in [4.78, 5) is 27.7. The molecule has 4 rings (SSSR count). The molecule has 146 valence electrons. The first-order valence-electron chi connectivity index (χ1n) is 9.41. The van der Waals surface area contributed by atoms with Crippen molar-refractivity contribution in [2.45, 2.75) is 38.8 Å². The molecule has 0 radical (unpaired) electrons. The molecule has 0 saturated carbocycles. The lowest BCUT2D eigenvalue weighted by Gasteiger charge is -2.32. The van der Waals surface area contributed by atoms with E-state index in [9.17, 15) is 9.59 Å². The predicted octanol–water partition coefficient (Wildman–Crippen LogP) is 0.651. The van der Waals surface area contributed by atoms with Gasteiger partial charge in [0.25, 0.3) is 0 Å². The van der Waals surface area contributed by atoms with Gasteiger partial charge in [0.2, 0.25) is 11.7 Å². The third kappa shape index (κ3) is 3.57. The topological polar surface area (TPSA) is 115 Å². The fourth-order valence-corrected chi connectivity index (χ4v) is 3.60. The second kappa shape index (κ2) is 7.75. The molecule has 3 aromatic rings. The Morgan fingerprint density at radius 3 is 2.89 bits per heavy atom. The third-order valence-electron chi connectivity index (χ3n) is 5.00. The van der Waals surface area contributed by atoms with E-state index in [0.717, 1.165) is 24.2 Å². The van der Waals surface area contributed by atoms with E-state index >= 15 is 0 Å². The first-order valence-corrected chi connectivity index (χ1v) is 9.41. The summed E-state index contributed by atoms with van der Waals surface area (Å²) in [6.07, 6.45) is 1.76. The van der Waals surface area contributed by atoms with Crippen molar-refractivity contribution >= 4 is 5.91 Å². The van der Waals surface area contributed by atoms with Crippen LogP contribution in [0.5, 0.6) is 0 Å². The number of rotatable bonds is 5. The molecule has 2 aromatic heterocycles. The van der Waals surface area contributed by atoms with Crippen LogP contribution >= 0.6 is 0 Å². The number of amides is 1. The number of aromatic amines is 1. The van der Waals surface area contributed by atoms with Crippen molar-refractivity contribution in [1.82, 2.24) is 39.9 Å². The van der Waals surface area contributed by atoms with Crippen LogP contribution in [0.4, 0.5) is 0 Å². The zero-order valence-corrected chi connectivity index (χ0v) is 15.7. The number of benzene rings is 1. The van der Waals surface area contributed by atoms with E-state index in [1.807, 2.05) is 37.3 Å². The molecule has 10 nitrogen and oxygen atoms in total. The third-order valence-corrected chi connectivity index (χ3v) is 5.00. The summed E-state index contributed by atoms with van der Waals surface area (Å²) in [6.45, 7) is 3.71. The molecule has 1 aliphatic heterocycles. The number of likely N-dealkylation sites (tertiary alicyclic amines) is 1. The lowest BCUT2D eigenvalue weighted by atomic mass is 9.97. The zero-order valence-electron chi connectivity index (χ0n) is 15.7. The highest BCUT2D eigenvalue weighted by molar-refractivity contribution is 5.76. The Morgan fingerprint density at radius 1 is 1.29 bits per heavy atom. The van der Waals surface area contributed by atoms with Crippen LogP contribution in [0, 0.1) is 0 Å². The highest BCUT2D eigenvalue weighted by Crippen LogP contribution is 2.25. The van der Waals surface area contributed by atoms with Gasteiger partial charge in [-0.05, 0) is 25.0 Å². The Bertz CT molecular complexity index is 1010. The molecule has 1 N–H and O–H groups in total. The summed E-state index contributed by atoms with van der Waals surface area (Å²) in [5.74, 6) is 1.19. The second-order valence-corrected chi connectivity index (χ2v) is 6.82. The van der Waals surface area contributed by atoms with Gasteiger partial charge in [0.15, 0.2) is 0 Å². The van der Waals surface area contributed by atoms with Crippen molar-refractivity contribution in [3.05, 3.63) is 46.6 Å². The van der Waals surface area contributed by atoms with Crippen LogP contribution in [-0.4, -0.2) is 58.9 Å². The highest BCUT2D eigenvalue weighted by Gasteiger charge is 2.28. The van der Waals surface area contributed by atoms with Crippen molar-refractivity contribution in [2.75, 3.05) is 13.1 Å². The molecule has 1 saturated heterocycles. The maximum Gasteiger partial charge on any atom is 0.343 e. The average Bonchev–Trinajstić information content (AvgIpc) is 3.35. The van der Waals surface area contributed by atoms with E-state index in [1.165, 1.54) is 4.80 Å². The maximum absolute atomic E-state index is 12.8. The van der Waals surface area contributed by atoms with Crippen LogP contribution in [-0.2, 0) is 17.9 Å². The van der Waals surface area contributed by atoms with Crippen LogP contribution in [0.1, 0.15) is 31.5 Å². The van der Waals surface area contributed by atoms with Crippen molar-refractivity contribution in [1.29, 1.82) is 0 Å². The number of carbonyl (C=O) groups is 1. The molecule has 0 unspecified atom stereocenters. The van der Waals surface area contributed by atoms with E-state index in [4.69, 9.17) is 0 Å². The Balaban J connectivity index is 1.44. The molecular formula is C18H22N8O2. The van der Waals surface area contributed by atoms with Gasteiger partial charge >= 0.3 is 5.69 Å². The molecule has 0 aliphatic carbocycles. The monoisotopic (exact) mass is 382 g/mol. The largest absolute Gasteiger partial charge is 0.343 e. The lowest BCUT2D eigenvalue weighted by Crippen LogP contribution is -2.42. The van der Waals surface area contributed by atoms with E-state index in [2.05, 4.69) is 25.6 Å². The summed E-state index contributed by atoms with van der Waals surface area (Å²) >= 11 is 0. The van der Waals surface area contributed by atoms with Crippen LogP contribution in [0.3, 0.4) is 0 Å². The Hall–Kier alpha value is -3.30. The molecule has 28 heavy (non-hydrogen) atoms. The van der Waals surface area contributed by atoms with Gasteiger partial charge in [0.1, 0.15) is 12.4 Å². The van der Waals surface area contributed by atoms with E-state index < -0.39 is 0 Å².